The van der Waals surface area contributed by atoms with Crippen molar-refractivity contribution in [3.63, 3.8) is 0 Å². The van der Waals surface area contributed by atoms with Gasteiger partial charge in [0.2, 0.25) is 0 Å². The van der Waals surface area contributed by atoms with E-state index in [0.29, 0.717) is 11.4 Å². The molecule has 0 aliphatic carbocycles. The number of ether oxygens (including phenoxy) is 1. The van der Waals surface area contributed by atoms with Gasteiger partial charge in [0.25, 0.3) is 10.1 Å². The van der Waals surface area contributed by atoms with E-state index in [1.54, 1.807) is 24.3 Å². The van der Waals surface area contributed by atoms with Crippen LogP contribution >= 0.6 is 0 Å². The predicted molar refractivity (Wildman–Crippen MR) is 106 cm³/mol. The fourth-order valence-electron chi connectivity index (χ4n) is 2.76. The van der Waals surface area contributed by atoms with E-state index in [9.17, 15) is 23.0 Å². The summed E-state index contributed by atoms with van der Waals surface area (Å²) in [6.45, 7) is 0. The number of nitrogens with one attached hydrogen (secondary N) is 1. The molecule has 0 unspecified atom stereocenters. The lowest BCUT2D eigenvalue weighted by Gasteiger charge is -2.16. The molecule has 0 radical (unpaired) electrons. The minimum atomic E-state index is -4.52. The molecule has 0 spiro atoms. The monoisotopic (exact) mass is 412 g/mol. The SMILES string of the molecule is COC(=O)c1c(N)c(C#N)cn1-c1cc(S(=O)(=O)O)ccc1Nc1ccccc1. The number of nitrogen functional groups attached to an aromatic ring is 1. The molecule has 0 bridgehead atoms. The average molecular weight is 412 g/mol. The number of hydrogen-bond acceptors (Lipinski definition) is 7. The number of methoxy groups -OCH3 is 1. The number of anilines is 3. The molecule has 29 heavy (non-hydrogen) atoms. The molecule has 4 N–H and O–H groups in total. The second-order valence-electron chi connectivity index (χ2n) is 5.92. The van der Waals surface area contributed by atoms with Gasteiger partial charge in [-0.2, -0.15) is 13.7 Å². The van der Waals surface area contributed by atoms with E-state index in [0.717, 1.165) is 13.2 Å². The molecule has 3 rings (SSSR count). The van der Waals surface area contributed by atoms with Gasteiger partial charge >= 0.3 is 5.97 Å². The van der Waals surface area contributed by atoms with Crippen LogP contribution in [-0.2, 0) is 14.9 Å². The predicted octanol–water partition coefficient (Wildman–Crippen LogP) is 2.71. The highest BCUT2D eigenvalue weighted by atomic mass is 32.2. The molecule has 3 aromatic rings. The van der Waals surface area contributed by atoms with Gasteiger partial charge in [-0.25, -0.2) is 4.79 Å². The van der Waals surface area contributed by atoms with Crippen LogP contribution in [0.2, 0.25) is 0 Å². The van der Waals surface area contributed by atoms with E-state index < -0.39 is 21.0 Å². The van der Waals surface area contributed by atoms with Crippen molar-refractivity contribution in [3.8, 4) is 11.8 Å². The topological polar surface area (TPSA) is 147 Å². The Morgan fingerprint density at radius 2 is 1.93 bits per heavy atom. The summed E-state index contributed by atoms with van der Waals surface area (Å²) in [4.78, 5) is 11.9. The zero-order chi connectivity index (χ0) is 21.2. The van der Waals surface area contributed by atoms with Crippen molar-refractivity contribution in [2.45, 2.75) is 4.90 Å². The molecule has 1 aromatic heterocycles. The summed E-state index contributed by atoms with van der Waals surface area (Å²) in [6, 6.07) is 14.7. The van der Waals surface area contributed by atoms with E-state index in [2.05, 4.69) is 5.32 Å². The molecule has 0 aliphatic rings. The number of hydrogen-bond donors (Lipinski definition) is 3. The first kappa shape index (κ1) is 19.9. The summed E-state index contributed by atoms with van der Waals surface area (Å²) in [5, 5.41) is 12.4. The van der Waals surface area contributed by atoms with Crippen LogP contribution in [0.3, 0.4) is 0 Å². The lowest BCUT2D eigenvalue weighted by molar-refractivity contribution is 0.0593. The highest BCUT2D eigenvalue weighted by molar-refractivity contribution is 7.85. The third-order valence-corrected chi connectivity index (χ3v) is 4.97. The summed E-state index contributed by atoms with van der Waals surface area (Å²) in [6.07, 6.45) is 1.29. The molecule has 0 amide bonds. The summed E-state index contributed by atoms with van der Waals surface area (Å²) in [5.74, 6) is -0.813. The number of nitriles is 1. The fraction of sp³-hybridized carbons (Fsp3) is 0.0526. The number of benzene rings is 2. The summed E-state index contributed by atoms with van der Waals surface area (Å²) >= 11 is 0. The smallest absolute Gasteiger partial charge is 0.357 e. The van der Waals surface area contributed by atoms with Crippen LogP contribution < -0.4 is 11.1 Å². The Balaban J connectivity index is 2.29. The van der Waals surface area contributed by atoms with E-state index in [4.69, 9.17) is 10.5 Å². The van der Waals surface area contributed by atoms with Gasteiger partial charge in [-0.1, -0.05) is 18.2 Å². The van der Waals surface area contributed by atoms with E-state index in [1.165, 1.54) is 22.9 Å². The maximum atomic E-state index is 12.3. The van der Waals surface area contributed by atoms with Crippen LogP contribution in [0.1, 0.15) is 16.1 Å². The third-order valence-electron chi connectivity index (χ3n) is 4.12. The van der Waals surface area contributed by atoms with Crippen LogP contribution in [0.25, 0.3) is 5.69 Å². The Hall–Kier alpha value is -3.81. The Labute approximate surface area is 166 Å². The number of nitrogens with two attached hydrogens (primary N) is 1. The maximum absolute atomic E-state index is 12.3. The molecule has 1 heterocycles. The Morgan fingerprint density at radius 1 is 1.24 bits per heavy atom. The van der Waals surface area contributed by atoms with Crippen molar-refractivity contribution in [3.05, 3.63) is 66.0 Å². The molecule has 0 aliphatic heterocycles. The molecule has 148 valence electrons. The number of esters is 1. The molecule has 0 saturated heterocycles. The third kappa shape index (κ3) is 3.91. The summed E-state index contributed by atoms with van der Waals surface area (Å²) < 4.78 is 38.7. The first-order valence-corrected chi connectivity index (χ1v) is 9.63. The van der Waals surface area contributed by atoms with Gasteiger partial charge in [0, 0.05) is 11.9 Å². The Kier molecular flexibility index (Phi) is 5.27. The average Bonchev–Trinajstić information content (AvgIpc) is 3.03. The van der Waals surface area contributed by atoms with Gasteiger partial charge in [0.1, 0.15) is 6.07 Å². The van der Waals surface area contributed by atoms with Crippen molar-refractivity contribution in [1.29, 1.82) is 5.26 Å². The molecular weight excluding hydrogens is 396 g/mol. The number of nitrogens with zero attached hydrogens (tertiary/aromatic N) is 2. The Bertz CT molecular complexity index is 1230. The first-order valence-electron chi connectivity index (χ1n) is 8.19. The molecule has 2 aromatic carbocycles. The van der Waals surface area contributed by atoms with Gasteiger partial charge in [-0.05, 0) is 30.3 Å². The van der Waals surface area contributed by atoms with Crippen LogP contribution in [0.4, 0.5) is 17.1 Å². The van der Waals surface area contributed by atoms with Gasteiger partial charge in [-0.15, -0.1) is 0 Å². The molecule has 0 saturated carbocycles. The standard InChI is InChI=1S/C19H16N4O5S/c1-28-19(24)18-17(21)12(10-20)11-23(18)16-9-14(29(25,26)27)7-8-15(16)22-13-5-3-2-4-6-13/h2-9,11,22H,21H2,1H3,(H,25,26,27). The van der Waals surface area contributed by atoms with Crippen molar-refractivity contribution in [1.82, 2.24) is 4.57 Å². The van der Waals surface area contributed by atoms with Crippen LogP contribution in [0, 0.1) is 11.3 Å². The van der Waals surface area contributed by atoms with Crippen molar-refractivity contribution in [2.24, 2.45) is 0 Å². The number of carbonyl (C=O) groups is 1. The number of para-hydroxylation sites is 1. The Morgan fingerprint density at radius 3 is 2.52 bits per heavy atom. The van der Waals surface area contributed by atoms with Gasteiger partial charge in [0.05, 0.1) is 34.6 Å². The van der Waals surface area contributed by atoms with Crippen molar-refractivity contribution in [2.75, 3.05) is 18.2 Å². The normalized spacial score (nSPS) is 10.9. The minimum Gasteiger partial charge on any atom is -0.464 e. The van der Waals surface area contributed by atoms with E-state index in [-0.39, 0.29) is 22.6 Å². The lowest BCUT2D eigenvalue weighted by atomic mass is 10.2. The highest BCUT2D eigenvalue weighted by Gasteiger charge is 2.24. The molecule has 9 nitrogen and oxygen atoms in total. The summed E-state index contributed by atoms with van der Waals surface area (Å²) in [7, 11) is -3.37. The van der Waals surface area contributed by atoms with E-state index >= 15 is 0 Å². The summed E-state index contributed by atoms with van der Waals surface area (Å²) in [5.41, 5.74) is 6.93. The second-order valence-corrected chi connectivity index (χ2v) is 7.35. The molecule has 0 fully saturated rings. The second kappa shape index (κ2) is 7.67. The van der Waals surface area contributed by atoms with Crippen LogP contribution in [-0.4, -0.2) is 30.6 Å². The maximum Gasteiger partial charge on any atom is 0.357 e. The zero-order valence-corrected chi connectivity index (χ0v) is 16.0. The zero-order valence-electron chi connectivity index (χ0n) is 15.2. The van der Waals surface area contributed by atoms with Gasteiger partial charge < -0.3 is 20.4 Å². The quantitative estimate of drug-likeness (QED) is 0.428. The van der Waals surface area contributed by atoms with Crippen molar-refractivity contribution >= 4 is 33.1 Å². The van der Waals surface area contributed by atoms with Gasteiger partial charge in [0.15, 0.2) is 5.69 Å². The van der Waals surface area contributed by atoms with Gasteiger partial charge in [-0.3, -0.25) is 4.55 Å². The lowest BCUT2D eigenvalue weighted by Crippen LogP contribution is -2.13. The molecular formula is C19H16N4O5S. The largest absolute Gasteiger partial charge is 0.464 e. The molecule has 10 heteroatoms. The number of carbonyl (C=O) groups excluding carboxylic acids is 1. The minimum absolute atomic E-state index is 0.00770. The highest BCUT2D eigenvalue weighted by Crippen LogP contribution is 2.32. The van der Waals surface area contributed by atoms with Crippen molar-refractivity contribution < 1.29 is 22.5 Å². The molecule has 0 atom stereocenters. The fourth-order valence-corrected chi connectivity index (χ4v) is 3.26. The number of rotatable bonds is 5. The van der Waals surface area contributed by atoms with E-state index in [1.807, 2.05) is 12.1 Å². The van der Waals surface area contributed by atoms with Crippen LogP contribution in [0.15, 0.2) is 59.6 Å². The van der Waals surface area contributed by atoms with Crippen LogP contribution in [0.5, 0.6) is 0 Å². The first-order chi connectivity index (χ1) is 13.8. The number of aromatic nitrogens is 1.